The molecule has 7 heteroatoms. The summed E-state index contributed by atoms with van der Waals surface area (Å²) in [6, 6.07) is 3.02. The van der Waals surface area contributed by atoms with Crippen molar-refractivity contribution >= 4 is 27.8 Å². The predicted molar refractivity (Wildman–Crippen MR) is 78.9 cm³/mol. The number of methoxy groups -OCH3 is 1. The van der Waals surface area contributed by atoms with E-state index in [4.69, 9.17) is 14.6 Å². The van der Waals surface area contributed by atoms with Crippen LogP contribution in [0.25, 0.3) is 0 Å². The van der Waals surface area contributed by atoms with Crippen LogP contribution >= 0.6 is 15.9 Å². The molecular weight excluding hydrogens is 342 g/mol. The second-order valence-electron chi connectivity index (χ2n) is 4.84. The van der Waals surface area contributed by atoms with Crippen LogP contribution in [0.4, 0.5) is 0 Å². The first-order valence-electron chi connectivity index (χ1n) is 6.50. The van der Waals surface area contributed by atoms with Crippen molar-refractivity contribution in [2.75, 3.05) is 7.11 Å². The molecule has 0 aliphatic heterocycles. The fourth-order valence-electron chi connectivity index (χ4n) is 1.73. The Hall–Kier alpha value is -1.76. The summed E-state index contributed by atoms with van der Waals surface area (Å²) in [5, 5.41) is 11.9. The second-order valence-corrected chi connectivity index (χ2v) is 5.69. The zero-order chi connectivity index (χ0) is 15.6. The fourth-order valence-corrected chi connectivity index (χ4v) is 2.27. The maximum Gasteiger partial charge on any atom is 0.335 e. The summed E-state index contributed by atoms with van der Waals surface area (Å²) in [5.74, 6) is -0.706. The molecule has 0 heterocycles. The van der Waals surface area contributed by atoms with Crippen molar-refractivity contribution in [2.24, 2.45) is 0 Å². The van der Waals surface area contributed by atoms with Crippen molar-refractivity contribution in [3.63, 3.8) is 0 Å². The number of hydrogen-bond donors (Lipinski definition) is 2. The summed E-state index contributed by atoms with van der Waals surface area (Å²) < 4.78 is 11.2. The molecule has 2 N–H and O–H groups in total. The smallest absolute Gasteiger partial charge is 0.335 e. The molecule has 6 nitrogen and oxygen atoms in total. The number of carboxylic acids is 1. The number of rotatable bonds is 6. The third-order valence-electron chi connectivity index (χ3n) is 3.06. The minimum absolute atomic E-state index is 0.0705. The maximum absolute atomic E-state index is 11.9. The van der Waals surface area contributed by atoms with Crippen LogP contribution in [-0.4, -0.2) is 36.2 Å². The Bertz CT molecular complexity index is 571. The maximum atomic E-state index is 11.9. The summed E-state index contributed by atoms with van der Waals surface area (Å²) in [7, 11) is 1.41. The van der Waals surface area contributed by atoms with Gasteiger partial charge in [-0.05, 0) is 47.8 Å². The first-order valence-corrected chi connectivity index (χ1v) is 7.29. The third-order valence-corrected chi connectivity index (χ3v) is 3.65. The highest BCUT2D eigenvalue weighted by atomic mass is 79.9. The van der Waals surface area contributed by atoms with Gasteiger partial charge in [-0.15, -0.1) is 0 Å². The molecule has 0 bridgehead atoms. The van der Waals surface area contributed by atoms with Gasteiger partial charge in [0.2, 0.25) is 0 Å². The van der Waals surface area contributed by atoms with Crippen LogP contribution in [0.1, 0.15) is 30.1 Å². The van der Waals surface area contributed by atoms with Gasteiger partial charge in [-0.2, -0.15) is 0 Å². The predicted octanol–water partition coefficient (Wildman–Crippen LogP) is 2.20. The van der Waals surface area contributed by atoms with E-state index in [1.165, 1.54) is 19.2 Å². The van der Waals surface area contributed by atoms with Gasteiger partial charge in [0.05, 0.1) is 17.1 Å². The lowest BCUT2D eigenvalue weighted by Gasteiger charge is -2.18. The number of carbonyl (C=O) groups is 2. The SMILES string of the molecule is COc1cc(C(=O)O)cc(Br)c1OC(C)C(=O)NC1CC1. The Labute approximate surface area is 130 Å². The Morgan fingerprint density at radius 1 is 1.43 bits per heavy atom. The lowest BCUT2D eigenvalue weighted by molar-refractivity contribution is -0.127. The Morgan fingerprint density at radius 3 is 2.62 bits per heavy atom. The average molecular weight is 358 g/mol. The minimum Gasteiger partial charge on any atom is -0.493 e. The molecule has 0 aromatic heterocycles. The van der Waals surface area contributed by atoms with Crippen molar-refractivity contribution in [2.45, 2.75) is 31.9 Å². The van der Waals surface area contributed by atoms with E-state index in [2.05, 4.69) is 21.2 Å². The van der Waals surface area contributed by atoms with Crippen LogP contribution in [0.15, 0.2) is 16.6 Å². The van der Waals surface area contributed by atoms with Gasteiger partial charge in [-0.25, -0.2) is 4.79 Å². The standard InChI is InChI=1S/C14H16BrNO5/c1-7(13(17)16-9-3-4-9)21-12-10(15)5-8(14(18)19)6-11(12)20-2/h5-7,9H,3-4H2,1-2H3,(H,16,17)(H,18,19). The summed E-state index contributed by atoms with van der Waals surface area (Å²) in [6.07, 6.45) is 1.30. The number of benzene rings is 1. The highest BCUT2D eigenvalue weighted by Gasteiger charge is 2.27. The van der Waals surface area contributed by atoms with Gasteiger partial charge in [-0.3, -0.25) is 4.79 Å². The number of carboxylic acid groups (broad SMARTS) is 1. The Morgan fingerprint density at radius 2 is 2.10 bits per heavy atom. The number of nitrogens with one attached hydrogen (secondary N) is 1. The quantitative estimate of drug-likeness (QED) is 0.815. The molecule has 1 amide bonds. The van der Waals surface area contributed by atoms with E-state index in [0.717, 1.165) is 12.8 Å². The molecule has 1 unspecified atom stereocenters. The van der Waals surface area contributed by atoms with E-state index in [9.17, 15) is 9.59 Å². The number of ether oxygens (including phenoxy) is 2. The van der Waals surface area contributed by atoms with Crippen LogP contribution in [0.5, 0.6) is 11.5 Å². The molecular formula is C14H16BrNO5. The van der Waals surface area contributed by atoms with Gasteiger partial charge in [-0.1, -0.05) is 0 Å². The molecule has 1 saturated carbocycles. The van der Waals surface area contributed by atoms with Crippen LogP contribution in [0.2, 0.25) is 0 Å². The number of amides is 1. The van der Waals surface area contributed by atoms with Crippen molar-refractivity contribution < 1.29 is 24.2 Å². The number of halogens is 1. The van der Waals surface area contributed by atoms with Crippen molar-refractivity contribution in [1.82, 2.24) is 5.32 Å². The number of aromatic carboxylic acids is 1. The van der Waals surface area contributed by atoms with E-state index >= 15 is 0 Å². The largest absolute Gasteiger partial charge is 0.493 e. The Kier molecular flexibility index (Phi) is 4.72. The van der Waals surface area contributed by atoms with E-state index < -0.39 is 12.1 Å². The molecule has 2 rings (SSSR count). The highest BCUT2D eigenvalue weighted by molar-refractivity contribution is 9.10. The summed E-state index contributed by atoms with van der Waals surface area (Å²) in [6.45, 7) is 1.63. The normalized spacial score (nSPS) is 15.2. The molecule has 1 aliphatic rings. The molecule has 1 atom stereocenters. The van der Waals surface area contributed by atoms with Gasteiger partial charge in [0.15, 0.2) is 17.6 Å². The van der Waals surface area contributed by atoms with Gasteiger partial charge in [0.25, 0.3) is 5.91 Å². The monoisotopic (exact) mass is 357 g/mol. The average Bonchev–Trinajstić information content (AvgIpc) is 3.24. The molecule has 114 valence electrons. The molecule has 1 fully saturated rings. The van der Waals surface area contributed by atoms with Gasteiger partial charge >= 0.3 is 5.97 Å². The molecule has 1 aromatic carbocycles. The van der Waals surface area contributed by atoms with E-state index in [0.29, 0.717) is 10.2 Å². The zero-order valence-electron chi connectivity index (χ0n) is 11.7. The van der Waals surface area contributed by atoms with Gasteiger partial charge in [0, 0.05) is 6.04 Å². The lowest BCUT2D eigenvalue weighted by Crippen LogP contribution is -2.37. The van der Waals surface area contributed by atoms with Crippen molar-refractivity contribution in [3.05, 3.63) is 22.2 Å². The molecule has 1 aliphatic carbocycles. The van der Waals surface area contributed by atoms with E-state index in [1.54, 1.807) is 6.92 Å². The van der Waals surface area contributed by atoms with Crippen molar-refractivity contribution in [3.8, 4) is 11.5 Å². The molecule has 0 saturated heterocycles. The van der Waals surface area contributed by atoms with Crippen molar-refractivity contribution in [1.29, 1.82) is 0 Å². The molecule has 21 heavy (non-hydrogen) atoms. The molecule has 0 spiro atoms. The molecule has 1 aromatic rings. The first-order chi connectivity index (χ1) is 9.92. The van der Waals surface area contributed by atoms with Gasteiger partial charge < -0.3 is 19.9 Å². The topological polar surface area (TPSA) is 84.9 Å². The van der Waals surface area contributed by atoms with Gasteiger partial charge in [0.1, 0.15) is 0 Å². The lowest BCUT2D eigenvalue weighted by atomic mass is 10.2. The summed E-state index contributed by atoms with van der Waals surface area (Å²) >= 11 is 3.25. The van der Waals surface area contributed by atoms with E-state index in [-0.39, 0.29) is 23.3 Å². The highest BCUT2D eigenvalue weighted by Crippen LogP contribution is 2.37. The second kappa shape index (κ2) is 6.34. The Balaban J connectivity index is 2.17. The van der Waals surface area contributed by atoms with Crippen LogP contribution in [0.3, 0.4) is 0 Å². The number of hydrogen-bond acceptors (Lipinski definition) is 4. The van der Waals surface area contributed by atoms with Crippen LogP contribution < -0.4 is 14.8 Å². The minimum atomic E-state index is -1.07. The zero-order valence-corrected chi connectivity index (χ0v) is 13.3. The number of carbonyl (C=O) groups excluding carboxylic acids is 1. The molecule has 0 radical (unpaired) electrons. The third kappa shape index (κ3) is 3.87. The van der Waals surface area contributed by atoms with E-state index in [1.807, 2.05) is 0 Å². The fraction of sp³-hybridized carbons (Fsp3) is 0.429. The summed E-state index contributed by atoms with van der Waals surface area (Å²) in [5.41, 5.74) is 0.0705. The van der Waals surface area contributed by atoms with Crippen LogP contribution in [-0.2, 0) is 4.79 Å². The van der Waals surface area contributed by atoms with Crippen LogP contribution in [0, 0.1) is 0 Å². The first kappa shape index (κ1) is 15.6. The summed E-state index contributed by atoms with van der Waals surface area (Å²) in [4.78, 5) is 22.9.